The number of thioether (sulfide) groups is 1. The summed E-state index contributed by atoms with van der Waals surface area (Å²) in [5.74, 6) is -1.46. The molecule has 1 aliphatic heterocycles. The molecule has 0 bridgehead atoms. The molecular formula is C33H34ClN2O7S3+. The fourth-order valence-electron chi connectivity index (χ4n) is 5.53. The van der Waals surface area contributed by atoms with E-state index in [-0.39, 0.29) is 31.9 Å². The molecule has 0 saturated carbocycles. The number of halogens is 1. The van der Waals surface area contributed by atoms with E-state index in [1.54, 1.807) is 42.3 Å². The van der Waals surface area contributed by atoms with Crippen LogP contribution in [0.4, 0.5) is 5.69 Å². The van der Waals surface area contributed by atoms with Crippen LogP contribution < -0.4 is 9.47 Å². The smallest absolute Gasteiger partial charge is 0.324 e. The van der Waals surface area contributed by atoms with Gasteiger partial charge >= 0.3 is 11.9 Å². The summed E-state index contributed by atoms with van der Waals surface area (Å²) < 4.78 is 29.9. The maximum atomic E-state index is 13.6. The van der Waals surface area contributed by atoms with Gasteiger partial charge in [-0.25, -0.2) is 9.47 Å². The van der Waals surface area contributed by atoms with Crippen molar-refractivity contribution in [1.82, 2.24) is 0 Å². The molecule has 1 aromatic heterocycles. The van der Waals surface area contributed by atoms with Gasteiger partial charge in [-0.2, -0.15) is 4.57 Å². The molecule has 2 aromatic carbocycles. The largest absolute Gasteiger partial charge is 0.465 e. The average Bonchev–Trinajstić information content (AvgIpc) is 3.60. The minimum absolute atomic E-state index is 0.00404. The summed E-state index contributed by atoms with van der Waals surface area (Å²) in [6, 6.07) is 15.7. The number of hydrogen-bond acceptors (Lipinski definition) is 10. The Morgan fingerprint density at radius 2 is 1.72 bits per heavy atom. The summed E-state index contributed by atoms with van der Waals surface area (Å²) in [7, 11) is 0. The molecular weight excluding hydrogens is 668 g/mol. The summed E-state index contributed by atoms with van der Waals surface area (Å²) in [4.78, 5) is 30.5. The highest BCUT2D eigenvalue weighted by molar-refractivity contribution is 8.03. The number of para-hydroxylation sites is 2. The van der Waals surface area contributed by atoms with Gasteiger partial charge in [0.15, 0.2) is 5.41 Å². The fourth-order valence-corrected chi connectivity index (χ4v) is 8.60. The van der Waals surface area contributed by atoms with E-state index < -0.39 is 28.4 Å². The van der Waals surface area contributed by atoms with Crippen molar-refractivity contribution in [3.05, 3.63) is 93.0 Å². The number of hydrogen-bond donors (Lipinski definition) is 1. The van der Waals surface area contributed by atoms with Crippen LogP contribution in [-0.2, 0) is 40.4 Å². The van der Waals surface area contributed by atoms with Gasteiger partial charge in [0.05, 0.1) is 23.9 Å². The van der Waals surface area contributed by atoms with Crippen LogP contribution in [0.15, 0.2) is 92.9 Å². The summed E-state index contributed by atoms with van der Waals surface area (Å²) in [5.41, 5.74) is 1.40. The molecule has 46 heavy (non-hydrogen) atoms. The molecule has 1 unspecified atom stereocenters. The Balaban J connectivity index is 1.62. The first-order valence-electron chi connectivity index (χ1n) is 14.7. The normalized spacial score (nSPS) is 18.5. The van der Waals surface area contributed by atoms with E-state index in [0.717, 1.165) is 32.4 Å². The first kappa shape index (κ1) is 34.1. The number of esters is 2. The number of carbonyl (C=O) groups excluding carboxylic acids is 2. The standard InChI is InChI=1S/C33H33ClN2O7S3/c1-4-35-24-11-7-9-13-26(24)44-28(35)17-15-22-19-33(31(37)41-5-2,32(38)42-6-3)20-23(30(22)34)16-18-29-36(21-46(40)43-39)25-12-8-10-14-27(25)45-29/h7-18H,4-6,19-21H2,1-3H3/p+1. The number of anilines is 1. The third-order valence-corrected chi connectivity index (χ3v) is 11.0. The predicted octanol–water partition coefficient (Wildman–Crippen LogP) is 7.11. The van der Waals surface area contributed by atoms with Gasteiger partial charge in [-0.15, -0.1) is 4.33 Å². The van der Waals surface area contributed by atoms with Crippen molar-refractivity contribution < 1.29 is 37.4 Å². The van der Waals surface area contributed by atoms with Gasteiger partial charge in [0.1, 0.15) is 4.70 Å². The van der Waals surface area contributed by atoms with Crippen LogP contribution in [0.5, 0.6) is 0 Å². The molecule has 0 fully saturated rings. The molecule has 9 nitrogen and oxygen atoms in total. The zero-order chi connectivity index (χ0) is 32.8. The van der Waals surface area contributed by atoms with Gasteiger partial charge in [0.2, 0.25) is 5.52 Å². The molecule has 0 radical (unpaired) electrons. The second-order valence-corrected chi connectivity index (χ2v) is 13.9. The zero-order valence-electron chi connectivity index (χ0n) is 25.6. The summed E-state index contributed by atoms with van der Waals surface area (Å²) >= 11 is 8.17. The summed E-state index contributed by atoms with van der Waals surface area (Å²) in [5, 5.41) is 11.1. The molecule has 1 aliphatic carbocycles. The third kappa shape index (κ3) is 6.87. The first-order chi connectivity index (χ1) is 22.3. The highest BCUT2D eigenvalue weighted by atomic mass is 35.5. The topological polar surface area (TPSA) is 106 Å². The molecule has 0 amide bonds. The lowest BCUT2D eigenvalue weighted by atomic mass is 9.71. The minimum Gasteiger partial charge on any atom is -0.465 e. The summed E-state index contributed by atoms with van der Waals surface area (Å²) in [6.45, 7) is 6.41. The Morgan fingerprint density at radius 1 is 1.02 bits per heavy atom. The van der Waals surface area contributed by atoms with Gasteiger partial charge in [-0.1, -0.05) is 65.0 Å². The SMILES string of the molecule is CCOC(=O)C1(C(=O)OCC)CC(/C=C/c2sc3ccccc3[n+]2CS(=O)OO)=C(Cl)C(=C/C=C2/Sc3ccccc3N2CC)/C1. The lowest BCUT2D eigenvalue weighted by molar-refractivity contribution is -0.648. The van der Waals surface area contributed by atoms with Crippen LogP contribution in [0.2, 0.25) is 0 Å². The number of thiazole rings is 1. The molecule has 0 spiro atoms. The van der Waals surface area contributed by atoms with Gasteiger partial charge in [-0.3, -0.25) is 9.59 Å². The van der Waals surface area contributed by atoms with E-state index in [0.29, 0.717) is 21.2 Å². The zero-order valence-corrected chi connectivity index (χ0v) is 28.8. The number of benzene rings is 2. The molecule has 1 atom stereocenters. The van der Waals surface area contributed by atoms with E-state index in [1.165, 1.54) is 11.3 Å². The average molecular weight is 702 g/mol. The van der Waals surface area contributed by atoms with E-state index in [1.807, 2.05) is 48.6 Å². The second kappa shape index (κ2) is 15.1. The Labute approximate surface area is 283 Å². The van der Waals surface area contributed by atoms with E-state index in [2.05, 4.69) is 28.3 Å². The highest BCUT2D eigenvalue weighted by Crippen LogP contribution is 2.48. The van der Waals surface area contributed by atoms with E-state index in [4.69, 9.17) is 26.3 Å². The Morgan fingerprint density at radius 3 is 2.41 bits per heavy atom. The van der Waals surface area contributed by atoms with Crippen molar-refractivity contribution in [3.63, 3.8) is 0 Å². The second-order valence-electron chi connectivity index (χ2n) is 10.4. The molecule has 0 saturated heterocycles. The molecule has 2 aliphatic rings. The van der Waals surface area contributed by atoms with Gasteiger partial charge < -0.3 is 14.4 Å². The molecule has 242 valence electrons. The van der Waals surface area contributed by atoms with Crippen LogP contribution in [0.1, 0.15) is 38.6 Å². The number of aromatic nitrogens is 1. The van der Waals surface area contributed by atoms with Crippen molar-refractivity contribution >= 4 is 79.7 Å². The molecule has 1 N–H and O–H groups in total. The first-order valence-corrected chi connectivity index (χ1v) is 18.0. The number of carbonyl (C=O) groups is 2. The molecule has 2 heterocycles. The van der Waals surface area contributed by atoms with Gasteiger partial charge in [-0.05, 0) is 62.3 Å². The number of allylic oxidation sites excluding steroid dienone is 6. The lowest BCUT2D eigenvalue weighted by Gasteiger charge is -2.34. The maximum Gasteiger partial charge on any atom is 0.324 e. The van der Waals surface area contributed by atoms with Crippen molar-refractivity contribution in [2.45, 2.75) is 44.4 Å². The van der Waals surface area contributed by atoms with Crippen LogP contribution in [0.3, 0.4) is 0 Å². The monoisotopic (exact) mass is 701 g/mol. The number of nitrogens with zero attached hydrogens (tertiary/aromatic N) is 2. The van der Waals surface area contributed by atoms with Crippen molar-refractivity contribution in [2.24, 2.45) is 5.41 Å². The van der Waals surface area contributed by atoms with Crippen LogP contribution in [-0.4, -0.2) is 41.2 Å². The fraction of sp³-hybridized carbons (Fsp3) is 0.303. The van der Waals surface area contributed by atoms with Crippen LogP contribution in [0, 0.1) is 5.41 Å². The van der Waals surface area contributed by atoms with E-state index >= 15 is 0 Å². The van der Waals surface area contributed by atoms with Gasteiger partial charge in [0, 0.05) is 41.5 Å². The van der Waals surface area contributed by atoms with Gasteiger partial charge in [0.25, 0.3) is 22.0 Å². The van der Waals surface area contributed by atoms with Crippen LogP contribution >= 0.6 is 34.7 Å². The van der Waals surface area contributed by atoms with Crippen LogP contribution in [0.25, 0.3) is 16.3 Å². The third-order valence-electron chi connectivity index (χ3n) is 7.64. The molecule has 3 aromatic rings. The Kier molecular flexibility index (Phi) is 11.2. The maximum absolute atomic E-state index is 13.6. The van der Waals surface area contributed by atoms with E-state index in [9.17, 15) is 13.8 Å². The van der Waals surface area contributed by atoms with Crippen molar-refractivity contribution in [1.29, 1.82) is 0 Å². The number of ether oxygens (including phenoxy) is 2. The summed E-state index contributed by atoms with van der Waals surface area (Å²) in [6.07, 6.45) is 7.35. The number of rotatable bonds is 11. The Hall–Kier alpha value is -3.26. The predicted molar refractivity (Wildman–Crippen MR) is 182 cm³/mol. The lowest BCUT2D eigenvalue weighted by Crippen LogP contribution is -2.44. The highest BCUT2D eigenvalue weighted by Gasteiger charge is 2.52. The quantitative estimate of drug-likeness (QED) is 0.0736. The molecule has 13 heteroatoms. The molecule has 5 rings (SSSR count). The Bertz CT molecular complexity index is 1780. The van der Waals surface area contributed by atoms with Crippen molar-refractivity contribution in [3.8, 4) is 0 Å². The number of fused-ring (bicyclic) bond motifs is 2. The minimum atomic E-state index is -1.99. The van der Waals surface area contributed by atoms with Crippen molar-refractivity contribution in [2.75, 3.05) is 24.7 Å².